The summed E-state index contributed by atoms with van der Waals surface area (Å²) >= 11 is 0. The van der Waals surface area contributed by atoms with E-state index in [1.807, 2.05) is 24.3 Å². The number of para-hydroxylation sites is 1. The Bertz CT molecular complexity index is 680. The molecule has 0 bridgehead atoms. The first-order chi connectivity index (χ1) is 10.6. The van der Waals surface area contributed by atoms with Crippen molar-refractivity contribution in [3.05, 3.63) is 71.7 Å². The molecule has 0 saturated carbocycles. The normalized spacial score (nSPS) is 10.9. The molecule has 0 unspecified atom stereocenters. The van der Waals surface area contributed by atoms with Crippen LogP contribution in [0.3, 0.4) is 0 Å². The van der Waals surface area contributed by atoms with Gasteiger partial charge in [0.15, 0.2) is 0 Å². The summed E-state index contributed by atoms with van der Waals surface area (Å²) in [6.45, 7) is 4.14. The molecule has 0 fully saturated rings. The van der Waals surface area contributed by atoms with E-state index >= 15 is 0 Å². The molecule has 0 saturated heterocycles. The van der Waals surface area contributed by atoms with Gasteiger partial charge in [0.05, 0.1) is 0 Å². The van der Waals surface area contributed by atoms with E-state index in [9.17, 15) is 9.18 Å². The fourth-order valence-electron chi connectivity index (χ4n) is 2.10. The number of hydrogen-bond acceptors (Lipinski definition) is 1. The first-order valence-electron chi connectivity index (χ1n) is 7.15. The van der Waals surface area contributed by atoms with Crippen LogP contribution in [0.4, 0.5) is 14.9 Å². The number of carbonyl (C=O) groups excluding carboxylic acids is 1. The number of anilines is 1. The second-order valence-electron chi connectivity index (χ2n) is 5.23. The van der Waals surface area contributed by atoms with Gasteiger partial charge < -0.3 is 10.6 Å². The van der Waals surface area contributed by atoms with Gasteiger partial charge in [-0.25, -0.2) is 9.18 Å². The van der Waals surface area contributed by atoms with Crippen molar-refractivity contribution in [1.82, 2.24) is 5.32 Å². The summed E-state index contributed by atoms with van der Waals surface area (Å²) in [5, 5.41) is 5.43. The predicted molar refractivity (Wildman–Crippen MR) is 88.1 cm³/mol. The molecule has 2 aromatic rings. The summed E-state index contributed by atoms with van der Waals surface area (Å²) in [6, 6.07) is 13.5. The van der Waals surface area contributed by atoms with Gasteiger partial charge in [-0.15, -0.1) is 0 Å². The predicted octanol–water partition coefficient (Wildman–Crippen LogP) is 4.74. The standard InChI is InChI=1S/C18H19FN2O/c1-13(2)16-8-3-4-9-17(16)21-18(22)20-11-10-14-6-5-7-15(19)12-14/h3-13H,1-2H3,(H2,20,21,22)/b11-10+. The molecule has 0 heterocycles. The molecule has 2 amide bonds. The van der Waals surface area contributed by atoms with Crippen LogP contribution >= 0.6 is 0 Å². The van der Waals surface area contributed by atoms with Crippen molar-refractivity contribution < 1.29 is 9.18 Å². The molecular formula is C18H19FN2O. The molecule has 4 heteroatoms. The van der Waals surface area contributed by atoms with Crippen LogP contribution in [0.25, 0.3) is 6.08 Å². The van der Waals surface area contributed by atoms with Gasteiger partial charge in [0.1, 0.15) is 5.82 Å². The highest BCUT2D eigenvalue weighted by Gasteiger charge is 2.07. The Kier molecular flexibility index (Phi) is 5.31. The lowest BCUT2D eigenvalue weighted by Crippen LogP contribution is -2.24. The van der Waals surface area contributed by atoms with Crippen molar-refractivity contribution in [3.63, 3.8) is 0 Å². The van der Waals surface area contributed by atoms with Gasteiger partial charge in [0.2, 0.25) is 0 Å². The maximum atomic E-state index is 13.0. The van der Waals surface area contributed by atoms with Gasteiger partial charge in [0.25, 0.3) is 0 Å². The van der Waals surface area contributed by atoms with Crippen molar-refractivity contribution >= 4 is 17.8 Å². The summed E-state index contributed by atoms with van der Waals surface area (Å²) in [5.41, 5.74) is 2.55. The number of halogens is 1. The molecule has 114 valence electrons. The second kappa shape index (κ2) is 7.41. The fraction of sp³-hybridized carbons (Fsp3) is 0.167. The SMILES string of the molecule is CC(C)c1ccccc1NC(=O)N/C=C/c1cccc(F)c1. The highest BCUT2D eigenvalue weighted by atomic mass is 19.1. The zero-order valence-corrected chi connectivity index (χ0v) is 12.6. The molecule has 2 N–H and O–H groups in total. The van der Waals surface area contributed by atoms with E-state index < -0.39 is 0 Å². The quantitative estimate of drug-likeness (QED) is 0.841. The lowest BCUT2D eigenvalue weighted by atomic mass is 10.0. The Morgan fingerprint density at radius 3 is 2.64 bits per heavy atom. The summed E-state index contributed by atoms with van der Waals surface area (Å²) in [7, 11) is 0. The molecular weight excluding hydrogens is 279 g/mol. The minimum absolute atomic E-state index is 0.308. The topological polar surface area (TPSA) is 41.1 Å². The summed E-state index contributed by atoms with van der Waals surface area (Å²) in [5.74, 6) is 0.0109. The average Bonchev–Trinajstić information content (AvgIpc) is 2.47. The van der Waals surface area contributed by atoms with Gasteiger partial charge in [-0.2, -0.15) is 0 Å². The number of benzene rings is 2. The summed E-state index contributed by atoms with van der Waals surface area (Å²) < 4.78 is 13.0. The minimum Gasteiger partial charge on any atom is -0.314 e. The monoisotopic (exact) mass is 298 g/mol. The van der Waals surface area contributed by atoms with Crippen LogP contribution in [0.15, 0.2) is 54.7 Å². The Morgan fingerprint density at radius 2 is 1.91 bits per heavy atom. The molecule has 0 aliphatic carbocycles. The Balaban J connectivity index is 1.96. The van der Waals surface area contributed by atoms with Crippen LogP contribution in [-0.4, -0.2) is 6.03 Å². The third-order valence-electron chi connectivity index (χ3n) is 3.17. The molecule has 0 atom stereocenters. The summed E-state index contributed by atoms with van der Waals surface area (Å²) in [6.07, 6.45) is 3.12. The third kappa shape index (κ3) is 4.45. The molecule has 0 aromatic heterocycles. The number of amides is 2. The fourth-order valence-corrected chi connectivity index (χ4v) is 2.10. The van der Waals surface area contributed by atoms with E-state index in [2.05, 4.69) is 24.5 Å². The van der Waals surface area contributed by atoms with Crippen LogP contribution in [0.1, 0.15) is 30.9 Å². The molecule has 3 nitrogen and oxygen atoms in total. The van der Waals surface area contributed by atoms with Crippen molar-refractivity contribution in [1.29, 1.82) is 0 Å². The van der Waals surface area contributed by atoms with Crippen LogP contribution < -0.4 is 10.6 Å². The van der Waals surface area contributed by atoms with Gasteiger partial charge >= 0.3 is 6.03 Å². The maximum absolute atomic E-state index is 13.0. The molecule has 0 aliphatic heterocycles. The van der Waals surface area contributed by atoms with Gasteiger partial charge in [-0.05, 0) is 41.3 Å². The number of rotatable bonds is 4. The molecule has 0 spiro atoms. The van der Waals surface area contributed by atoms with Crippen LogP contribution in [0.2, 0.25) is 0 Å². The molecule has 0 aliphatic rings. The highest BCUT2D eigenvalue weighted by molar-refractivity contribution is 5.91. The first kappa shape index (κ1) is 15.8. The van der Waals surface area contributed by atoms with E-state index in [1.54, 1.807) is 18.2 Å². The van der Waals surface area contributed by atoms with Crippen molar-refractivity contribution in [3.8, 4) is 0 Å². The molecule has 2 aromatic carbocycles. The summed E-state index contributed by atoms with van der Waals surface area (Å²) in [4.78, 5) is 11.9. The van der Waals surface area contributed by atoms with E-state index in [1.165, 1.54) is 18.3 Å². The lowest BCUT2D eigenvalue weighted by Gasteiger charge is -2.13. The smallest absolute Gasteiger partial charge is 0.314 e. The zero-order valence-electron chi connectivity index (χ0n) is 12.6. The number of nitrogens with one attached hydrogen (secondary N) is 2. The van der Waals surface area contributed by atoms with Gasteiger partial charge in [-0.1, -0.05) is 44.2 Å². The first-order valence-corrected chi connectivity index (χ1v) is 7.15. The third-order valence-corrected chi connectivity index (χ3v) is 3.17. The molecule has 2 rings (SSSR count). The lowest BCUT2D eigenvalue weighted by molar-refractivity contribution is 0.255. The molecule has 22 heavy (non-hydrogen) atoms. The minimum atomic E-state index is -0.333. The average molecular weight is 298 g/mol. The van der Waals surface area contributed by atoms with Crippen molar-refractivity contribution in [2.24, 2.45) is 0 Å². The van der Waals surface area contributed by atoms with E-state index in [0.717, 1.165) is 11.3 Å². The highest BCUT2D eigenvalue weighted by Crippen LogP contribution is 2.23. The van der Waals surface area contributed by atoms with E-state index in [-0.39, 0.29) is 11.8 Å². The van der Waals surface area contributed by atoms with Crippen molar-refractivity contribution in [2.75, 3.05) is 5.32 Å². The van der Waals surface area contributed by atoms with Crippen LogP contribution in [0.5, 0.6) is 0 Å². The Hall–Kier alpha value is -2.62. The second-order valence-corrected chi connectivity index (χ2v) is 5.23. The van der Waals surface area contributed by atoms with Gasteiger partial charge in [-0.3, -0.25) is 0 Å². The van der Waals surface area contributed by atoms with E-state index in [0.29, 0.717) is 11.5 Å². The molecule has 0 radical (unpaired) electrons. The number of hydrogen-bond donors (Lipinski definition) is 2. The zero-order chi connectivity index (χ0) is 15.9. The van der Waals surface area contributed by atoms with Gasteiger partial charge in [0, 0.05) is 11.9 Å². The number of carbonyl (C=O) groups is 1. The Labute approximate surface area is 129 Å². The largest absolute Gasteiger partial charge is 0.323 e. The van der Waals surface area contributed by atoms with E-state index in [4.69, 9.17) is 0 Å². The van der Waals surface area contributed by atoms with Crippen LogP contribution in [-0.2, 0) is 0 Å². The van der Waals surface area contributed by atoms with Crippen LogP contribution in [0, 0.1) is 5.82 Å². The van der Waals surface area contributed by atoms with Crippen molar-refractivity contribution in [2.45, 2.75) is 19.8 Å². The Morgan fingerprint density at radius 1 is 1.14 bits per heavy atom. The number of urea groups is 1. The maximum Gasteiger partial charge on any atom is 0.323 e.